The summed E-state index contributed by atoms with van der Waals surface area (Å²) in [5.41, 5.74) is 2.71. The lowest BCUT2D eigenvalue weighted by Gasteiger charge is -2.09. The molecule has 4 heteroatoms. The monoisotopic (exact) mass is 369 g/mol. The van der Waals surface area contributed by atoms with Crippen LogP contribution in [0.15, 0.2) is 60.7 Å². The largest absolute Gasteiger partial charge is 0.488 e. The lowest BCUT2D eigenvalue weighted by molar-refractivity contribution is 0.426. The van der Waals surface area contributed by atoms with Crippen LogP contribution in [0.25, 0.3) is 39.5 Å². The van der Waals surface area contributed by atoms with E-state index in [1.54, 1.807) is 12.1 Å². The number of benzene rings is 3. The van der Waals surface area contributed by atoms with Crippen molar-refractivity contribution in [2.45, 2.75) is 26.7 Å². The molecule has 4 aromatic rings. The van der Waals surface area contributed by atoms with Crippen LogP contribution in [0.3, 0.4) is 0 Å². The Bertz CT molecular complexity index is 1250. The third-order valence-electron chi connectivity index (χ3n) is 5.24. The Labute approximate surface area is 165 Å². The fraction of sp³-hybridized carbons (Fsp3) is 0.167. The summed E-state index contributed by atoms with van der Waals surface area (Å²) in [5.74, 6) is 0. The summed E-state index contributed by atoms with van der Waals surface area (Å²) in [6, 6.07) is 20.3. The Hall–Kier alpha value is -2.82. The molecule has 0 atom stereocenters. The Kier molecular flexibility index (Phi) is 5.08. The van der Waals surface area contributed by atoms with Gasteiger partial charge in [0, 0.05) is 21.6 Å². The van der Waals surface area contributed by atoms with Crippen LogP contribution < -0.4 is 16.0 Å². The fourth-order valence-corrected chi connectivity index (χ4v) is 4.04. The molecule has 140 valence electrons. The standard InChI is InChI=1S/C22H18BNO2.C2H6/c25-23(26)16-10-12-17(13-11-16)24-20-8-4-3-7-19(20)22-18-6-2-1-5-15(18)9-14-21(22)24;1-2/h1-2,5-14,25-26H,3-4H2;1-2H3. The molecule has 1 aromatic heterocycles. The molecule has 0 amide bonds. The van der Waals surface area contributed by atoms with Gasteiger partial charge < -0.3 is 14.6 Å². The lowest BCUT2D eigenvalue weighted by Crippen LogP contribution is -2.31. The van der Waals surface area contributed by atoms with Crippen LogP contribution >= 0.6 is 0 Å². The molecular weight excluding hydrogens is 345 g/mol. The highest BCUT2D eigenvalue weighted by Crippen LogP contribution is 2.24. The van der Waals surface area contributed by atoms with E-state index in [0.29, 0.717) is 5.46 Å². The van der Waals surface area contributed by atoms with E-state index in [0.717, 1.165) is 18.5 Å². The first-order valence-electron chi connectivity index (χ1n) is 9.93. The fourth-order valence-electron chi connectivity index (χ4n) is 4.04. The van der Waals surface area contributed by atoms with Gasteiger partial charge in [0.05, 0.1) is 5.52 Å². The third kappa shape index (κ3) is 2.95. The van der Waals surface area contributed by atoms with E-state index in [4.69, 9.17) is 0 Å². The molecule has 28 heavy (non-hydrogen) atoms. The van der Waals surface area contributed by atoms with E-state index in [1.165, 1.54) is 32.2 Å². The van der Waals surface area contributed by atoms with Crippen LogP contribution in [0.5, 0.6) is 0 Å². The van der Waals surface area contributed by atoms with Crippen molar-refractivity contribution < 1.29 is 10.0 Å². The molecule has 0 spiro atoms. The molecular formula is C24H24BNO2. The van der Waals surface area contributed by atoms with Crippen LogP contribution in [0.4, 0.5) is 0 Å². The maximum Gasteiger partial charge on any atom is 0.488 e. The predicted molar refractivity (Wildman–Crippen MR) is 119 cm³/mol. The van der Waals surface area contributed by atoms with E-state index in [1.807, 2.05) is 26.0 Å². The number of aromatic nitrogens is 1. The Morgan fingerprint density at radius 2 is 1.54 bits per heavy atom. The minimum Gasteiger partial charge on any atom is -0.423 e. The van der Waals surface area contributed by atoms with E-state index >= 15 is 0 Å². The molecule has 0 unspecified atom stereocenters. The second kappa shape index (κ2) is 7.66. The van der Waals surface area contributed by atoms with Crippen LogP contribution in [0.2, 0.25) is 0 Å². The molecule has 5 rings (SSSR count). The summed E-state index contributed by atoms with van der Waals surface area (Å²) in [6.07, 6.45) is 6.74. The molecule has 0 radical (unpaired) electrons. The summed E-state index contributed by atoms with van der Waals surface area (Å²) < 4.78 is 2.28. The lowest BCUT2D eigenvalue weighted by atomic mass is 9.80. The molecule has 0 aliphatic heterocycles. The summed E-state index contributed by atoms with van der Waals surface area (Å²) in [6.45, 7) is 4.00. The molecule has 1 aliphatic rings. The summed E-state index contributed by atoms with van der Waals surface area (Å²) in [5, 5.41) is 25.1. The van der Waals surface area contributed by atoms with Crippen LogP contribution in [-0.4, -0.2) is 21.7 Å². The van der Waals surface area contributed by atoms with Gasteiger partial charge in [-0.1, -0.05) is 68.5 Å². The van der Waals surface area contributed by atoms with Gasteiger partial charge >= 0.3 is 7.12 Å². The smallest absolute Gasteiger partial charge is 0.423 e. The van der Waals surface area contributed by atoms with Gasteiger partial charge in [-0.2, -0.15) is 0 Å². The van der Waals surface area contributed by atoms with E-state index in [9.17, 15) is 10.0 Å². The highest BCUT2D eigenvalue weighted by Gasteiger charge is 2.15. The topological polar surface area (TPSA) is 45.4 Å². The molecule has 0 bridgehead atoms. The van der Waals surface area contributed by atoms with Gasteiger partial charge in [0.1, 0.15) is 0 Å². The average molecular weight is 369 g/mol. The van der Waals surface area contributed by atoms with Crippen molar-refractivity contribution in [2.75, 3.05) is 0 Å². The average Bonchev–Trinajstić information content (AvgIpc) is 3.10. The van der Waals surface area contributed by atoms with Crippen molar-refractivity contribution in [1.82, 2.24) is 4.57 Å². The molecule has 0 saturated carbocycles. The number of nitrogens with zero attached hydrogens (tertiary/aromatic N) is 1. The van der Waals surface area contributed by atoms with E-state index in [2.05, 4.69) is 53.1 Å². The SMILES string of the molecule is CC.OB(O)c1ccc(-n2c3c(c4c5ccccc5ccc42)=CCCC=3)cc1. The minimum absolute atomic E-state index is 0.500. The molecule has 1 aliphatic carbocycles. The maximum atomic E-state index is 9.36. The highest BCUT2D eigenvalue weighted by atomic mass is 16.4. The quantitative estimate of drug-likeness (QED) is 0.534. The van der Waals surface area contributed by atoms with Crippen molar-refractivity contribution in [2.24, 2.45) is 0 Å². The first kappa shape index (κ1) is 18.5. The first-order valence-corrected chi connectivity index (χ1v) is 9.93. The Balaban J connectivity index is 0.000000932. The third-order valence-corrected chi connectivity index (χ3v) is 5.24. The molecule has 0 fully saturated rings. The molecule has 0 saturated heterocycles. The van der Waals surface area contributed by atoms with Crippen molar-refractivity contribution in [1.29, 1.82) is 0 Å². The highest BCUT2D eigenvalue weighted by molar-refractivity contribution is 6.58. The van der Waals surface area contributed by atoms with Gasteiger partial charge in [0.2, 0.25) is 0 Å². The first-order chi connectivity index (χ1) is 13.7. The number of fused-ring (bicyclic) bond motifs is 5. The van der Waals surface area contributed by atoms with Gasteiger partial charge in [-0.15, -0.1) is 0 Å². The summed E-state index contributed by atoms with van der Waals surface area (Å²) in [7, 11) is -1.44. The van der Waals surface area contributed by atoms with Gasteiger partial charge in [-0.05, 0) is 47.3 Å². The number of hydrogen-bond donors (Lipinski definition) is 2. The minimum atomic E-state index is -1.44. The van der Waals surface area contributed by atoms with Crippen LogP contribution in [0.1, 0.15) is 26.7 Å². The van der Waals surface area contributed by atoms with Gasteiger partial charge in [0.25, 0.3) is 0 Å². The number of rotatable bonds is 2. The van der Waals surface area contributed by atoms with Crippen molar-refractivity contribution in [3.63, 3.8) is 0 Å². The zero-order chi connectivity index (χ0) is 19.7. The van der Waals surface area contributed by atoms with E-state index in [-0.39, 0.29) is 0 Å². The molecule has 1 heterocycles. The van der Waals surface area contributed by atoms with Crippen molar-refractivity contribution in [3.8, 4) is 5.69 Å². The summed E-state index contributed by atoms with van der Waals surface area (Å²) in [4.78, 5) is 0. The van der Waals surface area contributed by atoms with Gasteiger partial charge in [-0.25, -0.2) is 0 Å². The van der Waals surface area contributed by atoms with Gasteiger partial charge in [0.15, 0.2) is 0 Å². The second-order valence-corrected chi connectivity index (χ2v) is 6.77. The Morgan fingerprint density at radius 1 is 0.821 bits per heavy atom. The van der Waals surface area contributed by atoms with Crippen molar-refractivity contribution >= 4 is 46.4 Å². The predicted octanol–water partition coefficient (Wildman–Crippen LogP) is 2.84. The normalized spacial score (nSPS) is 12.6. The maximum absolute atomic E-state index is 9.36. The van der Waals surface area contributed by atoms with Gasteiger partial charge in [-0.3, -0.25) is 0 Å². The summed E-state index contributed by atoms with van der Waals surface area (Å²) >= 11 is 0. The van der Waals surface area contributed by atoms with E-state index < -0.39 is 7.12 Å². The Morgan fingerprint density at radius 3 is 2.29 bits per heavy atom. The second-order valence-electron chi connectivity index (χ2n) is 6.77. The van der Waals surface area contributed by atoms with Crippen molar-refractivity contribution in [3.05, 3.63) is 71.2 Å². The van der Waals surface area contributed by atoms with Crippen LogP contribution in [-0.2, 0) is 0 Å². The zero-order valence-electron chi connectivity index (χ0n) is 16.3. The molecule has 3 aromatic carbocycles. The zero-order valence-corrected chi connectivity index (χ0v) is 16.3. The number of hydrogen-bond acceptors (Lipinski definition) is 2. The van der Waals surface area contributed by atoms with Crippen LogP contribution in [0, 0.1) is 0 Å². The molecule has 2 N–H and O–H groups in total. The molecule has 3 nitrogen and oxygen atoms in total.